The molecule has 0 spiro atoms. The number of rotatable bonds is 5. The van der Waals surface area contributed by atoms with Gasteiger partial charge in [-0.15, -0.1) is 0 Å². The summed E-state index contributed by atoms with van der Waals surface area (Å²) in [6, 6.07) is 1.36. The van der Waals surface area contributed by atoms with E-state index in [1.54, 1.807) is 0 Å². The van der Waals surface area contributed by atoms with Gasteiger partial charge in [0.1, 0.15) is 6.04 Å². The number of amides is 1. The Morgan fingerprint density at radius 1 is 1.36 bits per heavy atom. The predicted molar refractivity (Wildman–Crippen MR) is 84.7 cm³/mol. The number of alkyl halides is 3. The molecule has 1 aliphatic rings. The van der Waals surface area contributed by atoms with Gasteiger partial charge < -0.3 is 10.6 Å². The van der Waals surface area contributed by atoms with E-state index in [4.69, 9.17) is 11.6 Å². The van der Waals surface area contributed by atoms with Crippen LogP contribution in [0.15, 0.2) is 18.2 Å². The van der Waals surface area contributed by atoms with Crippen LogP contribution in [0.2, 0.25) is 5.02 Å². The molecule has 1 atom stereocenters. The third-order valence-corrected chi connectivity index (χ3v) is 4.00. The summed E-state index contributed by atoms with van der Waals surface area (Å²) in [4.78, 5) is 23.4. The summed E-state index contributed by atoms with van der Waals surface area (Å²) in [5, 5.41) is 15.9. The van der Waals surface area contributed by atoms with Crippen molar-refractivity contribution in [3.05, 3.63) is 38.9 Å². The van der Waals surface area contributed by atoms with Crippen molar-refractivity contribution < 1.29 is 22.9 Å². The highest BCUT2D eigenvalue weighted by Gasteiger charge is 2.43. The predicted octanol–water partition coefficient (Wildman–Crippen LogP) is 1.81. The first-order valence-electron chi connectivity index (χ1n) is 7.43. The summed E-state index contributed by atoms with van der Waals surface area (Å²) in [5.41, 5.74) is -0.576. The maximum Gasteiger partial charge on any atom is 0.405 e. The molecule has 1 unspecified atom stereocenters. The highest BCUT2D eigenvalue weighted by Crippen LogP contribution is 2.25. The molecule has 7 nitrogen and oxygen atoms in total. The van der Waals surface area contributed by atoms with Crippen LogP contribution in [0.3, 0.4) is 0 Å². The van der Waals surface area contributed by atoms with Crippen molar-refractivity contribution in [3.8, 4) is 0 Å². The molecule has 0 bridgehead atoms. The van der Waals surface area contributed by atoms with E-state index in [-0.39, 0.29) is 23.7 Å². The fourth-order valence-electron chi connectivity index (χ4n) is 2.55. The standard InChI is InChI=1S/C14H16ClF3N4O3/c15-10-5-9(6-11(7-10)22(24)25)13(23)20-8-12(14(16,17)18)21-3-1-19-2-4-21/h5-7,12,19H,1-4,8H2,(H,20,23). The summed E-state index contributed by atoms with van der Waals surface area (Å²) in [6.07, 6.45) is -4.51. The molecule has 1 heterocycles. The first kappa shape index (κ1) is 19.4. The highest BCUT2D eigenvalue weighted by molar-refractivity contribution is 6.31. The normalized spacial score (nSPS) is 17.1. The lowest BCUT2D eigenvalue weighted by atomic mass is 10.1. The Hall–Kier alpha value is -1.91. The molecule has 1 aromatic rings. The number of non-ortho nitro benzene ring substituents is 1. The molecule has 2 N–H and O–H groups in total. The Morgan fingerprint density at radius 3 is 2.56 bits per heavy atom. The van der Waals surface area contributed by atoms with Crippen molar-refractivity contribution in [2.45, 2.75) is 12.2 Å². The maximum atomic E-state index is 13.3. The molecular weight excluding hydrogens is 365 g/mol. The van der Waals surface area contributed by atoms with E-state index in [9.17, 15) is 28.1 Å². The molecule has 1 aliphatic heterocycles. The van der Waals surface area contributed by atoms with E-state index in [2.05, 4.69) is 10.6 Å². The molecule has 1 aromatic carbocycles. The van der Waals surface area contributed by atoms with Crippen LogP contribution in [0.4, 0.5) is 18.9 Å². The van der Waals surface area contributed by atoms with Crippen molar-refractivity contribution in [2.24, 2.45) is 0 Å². The molecule has 138 valence electrons. The lowest BCUT2D eigenvalue weighted by Gasteiger charge is -2.35. The smallest absolute Gasteiger partial charge is 0.350 e. The largest absolute Gasteiger partial charge is 0.405 e. The number of nitrogens with zero attached hydrogens (tertiary/aromatic N) is 2. The van der Waals surface area contributed by atoms with Gasteiger partial charge in [0, 0.05) is 55.4 Å². The Morgan fingerprint density at radius 2 is 2.00 bits per heavy atom. The second kappa shape index (κ2) is 7.98. The first-order chi connectivity index (χ1) is 11.7. The van der Waals surface area contributed by atoms with Gasteiger partial charge in [-0.2, -0.15) is 13.2 Å². The Balaban J connectivity index is 2.09. The third-order valence-electron chi connectivity index (χ3n) is 3.78. The van der Waals surface area contributed by atoms with Crippen LogP contribution in [-0.2, 0) is 0 Å². The summed E-state index contributed by atoms with van der Waals surface area (Å²) in [7, 11) is 0. The molecule has 1 saturated heterocycles. The van der Waals surface area contributed by atoms with Gasteiger partial charge in [-0.1, -0.05) is 11.6 Å². The van der Waals surface area contributed by atoms with Crippen molar-refractivity contribution in [1.29, 1.82) is 0 Å². The Bertz CT molecular complexity index is 651. The van der Waals surface area contributed by atoms with Crippen molar-refractivity contribution in [2.75, 3.05) is 32.7 Å². The number of nitro groups is 1. The van der Waals surface area contributed by atoms with Crippen LogP contribution < -0.4 is 10.6 Å². The number of halogens is 4. The van der Waals surface area contributed by atoms with Crippen molar-refractivity contribution >= 4 is 23.2 Å². The molecule has 2 rings (SSSR count). The number of benzene rings is 1. The Kier molecular flexibility index (Phi) is 6.20. The zero-order chi connectivity index (χ0) is 18.6. The second-order valence-corrected chi connectivity index (χ2v) is 5.95. The average molecular weight is 381 g/mol. The zero-order valence-electron chi connectivity index (χ0n) is 13.0. The van der Waals surface area contributed by atoms with E-state index < -0.39 is 35.3 Å². The van der Waals surface area contributed by atoms with Gasteiger partial charge in [-0.05, 0) is 6.07 Å². The van der Waals surface area contributed by atoms with Gasteiger partial charge in [0.05, 0.1) is 4.92 Å². The van der Waals surface area contributed by atoms with Crippen LogP contribution in [0, 0.1) is 10.1 Å². The van der Waals surface area contributed by atoms with Gasteiger partial charge in [-0.25, -0.2) is 0 Å². The maximum absolute atomic E-state index is 13.3. The first-order valence-corrected chi connectivity index (χ1v) is 7.81. The fraction of sp³-hybridized carbons (Fsp3) is 0.500. The number of nitro benzene ring substituents is 1. The van der Waals surface area contributed by atoms with E-state index >= 15 is 0 Å². The van der Waals surface area contributed by atoms with Gasteiger partial charge in [0.2, 0.25) is 0 Å². The molecule has 25 heavy (non-hydrogen) atoms. The van der Waals surface area contributed by atoms with Crippen LogP contribution >= 0.6 is 11.6 Å². The number of nitrogens with one attached hydrogen (secondary N) is 2. The monoisotopic (exact) mass is 380 g/mol. The molecule has 0 saturated carbocycles. The quantitative estimate of drug-likeness (QED) is 0.601. The van der Waals surface area contributed by atoms with Gasteiger partial charge >= 0.3 is 6.18 Å². The number of piperazine rings is 1. The minimum atomic E-state index is -4.51. The van der Waals surface area contributed by atoms with Crippen LogP contribution in [0.5, 0.6) is 0 Å². The van der Waals surface area contributed by atoms with Crippen LogP contribution in [0.1, 0.15) is 10.4 Å². The minimum absolute atomic E-state index is 0.0474. The summed E-state index contributed by atoms with van der Waals surface area (Å²) < 4.78 is 39.8. The zero-order valence-corrected chi connectivity index (χ0v) is 13.7. The SMILES string of the molecule is O=C(NCC(N1CCNCC1)C(F)(F)F)c1cc(Cl)cc([N+](=O)[O-])c1. The number of carbonyl (C=O) groups excluding carboxylic acids is 1. The molecule has 0 radical (unpaired) electrons. The molecule has 1 fully saturated rings. The molecule has 0 aromatic heterocycles. The summed E-state index contributed by atoms with van der Waals surface area (Å²) in [5.74, 6) is -0.852. The van der Waals surface area contributed by atoms with E-state index in [1.807, 2.05) is 0 Å². The van der Waals surface area contributed by atoms with E-state index in [0.717, 1.165) is 18.2 Å². The lowest BCUT2D eigenvalue weighted by molar-refractivity contribution is -0.384. The molecular formula is C14H16ClF3N4O3. The molecule has 11 heteroatoms. The topological polar surface area (TPSA) is 87.5 Å². The Labute approximate surface area is 146 Å². The third kappa shape index (κ3) is 5.28. The van der Waals surface area contributed by atoms with Crippen LogP contribution in [0.25, 0.3) is 0 Å². The van der Waals surface area contributed by atoms with Crippen LogP contribution in [-0.4, -0.2) is 60.7 Å². The highest BCUT2D eigenvalue weighted by atomic mass is 35.5. The van der Waals surface area contributed by atoms with Crippen molar-refractivity contribution in [1.82, 2.24) is 15.5 Å². The van der Waals surface area contributed by atoms with Gasteiger partial charge in [0.15, 0.2) is 0 Å². The summed E-state index contributed by atoms with van der Waals surface area (Å²) >= 11 is 5.72. The van der Waals surface area contributed by atoms with E-state index in [0.29, 0.717) is 13.1 Å². The average Bonchev–Trinajstić information content (AvgIpc) is 2.54. The fourth-order valence-corrected chi connectivity index (χ4v) is 2.78. The minimum Gasteiger partial charge on any atom is -0.350 e. The van der Waals surface area contributed by atoms with Gasteiger partial charge in [0.25, 0.3) is 11.6 Å². The number of carbonyl (C=O) groups is 1. The van der Waals surface area contributed by atoms with Crippen molar-refractivity contribution in [3.63, 3.8) is 0 Å². The van der Waals surface area contributed by atoms with E-state index in [1.165, 1.54) is 4.90 Å². The van der Waals surface area contributed by atoms with Gasteiger partial charge in [-0.3, -0.25) is 19.8 Å². The number of hydrogen-bond donors (Lipinski definition) is 2. The second-order valence-electron chi connectivity index (χ2n) is 5.51. The lowest BCUT2D eigenvalue weighted by Crippen LogP contribution is -2.57. The molecule has 0 aliphatic carbocycles. The number of hydrogen-bond acceptors (Lipinski definition) is 5. The summed E-state index contributed by atoms with van der Waals surface area (Å²) in [6.45, 7) is 0.635. The molecule has 1 amide bonds.